The Morgan fingerprint density at radius 2 is 2.04 bits per heavy atom. The summed E-state index contributed by atoms with van der Waals surface area (Å²) in [7, 11) is 0. The van der Waals surface area contributed by atoms with Gasteiger partial charge in [-0.05, 0) is 23.3 Å². The number of hydrogen-bond donors (Lipinski definition) is 3. The number of pyridine rings is 1. The van der Waals surface area contributed by atoms with Gasteiger partial charge in [0.15, 0.2) is 5.82 Å². The van der Waals surface area contributed by atoms with Crippen LogP contribution in [0.3, 0.4) is 0 Å². The number of nitrogens with zero attached hydrogens (tertiary/aromatic N) is 3. The number of amides is 2. The van der Waals surface area contributed by atoms with E-state index in [-0.39, 0.29) is 6.03 Å². The first-order valence-electron chi connectivity index (χ1n) is 8.00. The van der Waals surface area contributed by atoms with Gasteiger partial charge in [-0.15, -0.1) is 0 Å². The summed E-state index contributed by atoms with van der Waals surface area (Å²) >= 11 is 0. The van der Waals surface area contributed by atoms with E-state index >= 15 is 0 Å². The standard InChI is InChI=1S/C18H17N5O2/c24-15-9-12-5-1-2-6-14(12)17(15)22-18(25)21-13-10-20-23(11-13)16-7-3-4-8-19-16/h1-8,10-11,15,17,24H,9H2,(H2,21,22,25)/t15-,17-/m1/s1. The van der Waals surface area contributed by atoms with Gasteiger partial charge in [-0.25, -0.2) is 14.5 Å². The van der Waals surface area contributed by atoms with Crippen LogP contribution in [0, 0.1) is 0 Å². The van der Waals surface area contributed by atoms with Gasteiger partial charge in [-0.3, -0.25) is 0 Å². The summed E-state index contributed by atoms with van der Waals surface area (Å²) in [6.45, 7) is 0. The molecule has 0 saturated carbocycles. The maximum absolute atomic E-state index is 12.3. The number of rotatable bonds is 3. The molecule has 25 heavy (non-hydrogen) atoms. The second-order valence-corrected chi connectivity index (χ2v) is 5.91. The second kappa shape index (κ2) is 6.37. The Labute approximate surface area is 144 Å². The van der Waals surface area contributed by atoms with E-state index < -0.39 is 12.1 Å². The molecule has 0 bridgehead atoms. The molecule has 7 nitrogen and oxygen atoms in total. The summed E-state index contributed by atoms with van der Waals surface area (Å²) < 4.78 is 1.58. The lowest BCUT2D eigenvalue weighted by molar-refractivity contribution is 0.144. The molecule has 0 saturated heterocycles. The molecule has 1 aliphatic rings. The van der Waals surface area contributed by atoms with Crippen molar-refractivity contribution in [1.29, 1.82) is 0 Å². The predicted octanol–water partition coefficient (Wildman–Crippen LogP) is 2.05. The van der Waals surface area contributed by atoms with Crippen LogP contribution in [0.15, 0.2) is 61.1 Å². The molecular formula is C18H17N5O2. The summed E-state index contributed by atoms with van der Waals surface area (Å²) in [4.78, 5) is 16.5. The minimum atomic E-state index is -0.626. The summed E-state index contributed by atoms with van der Waals surface area (Å²) in [6, 6.07) is 12.4. The summed E-state index contributed by atoms with van der Waals surface area (Å²) in [5.41, 5.74) is 2.56. The summed E-state index contributed by atoms with van der Waals surface area (Å²) in [6.07, 6.45) is 4.82. The largest absolute Gasteiger partial charge is 0.390 e. The Morgan fingerprint density at radius 3 is 2.88 bits per heavy atom. The minimum absolute atomic E-state index is 0.388. The molecule has 2 amide bonds. The van der Waals surface area contributed by atoms with Gasteiger partial charge in [-0.1, -0.05) is 30.3 Å². The Hall–Kier alpha value is -3.19. The van der Waals surface area contributed by atoms with Crippen molar-refractivity contribution in [3.63, 3.8) is 0 Å². The molecule has 3 aromatic rings. The zero-order valence-corrected chi connectivity index (χ0v) is 13.3. The number of fused-ring (bicyclic) bond motifs is 1. The lowest BCUT2D eigenvalue weighted by Gasteiger charge is -2.18. The van der Waals surface area contributed by atoms with Gasteiger partial charge in [0, 0.05) is 12.6 Å². The predicted molar refractivity (Wildman–Crippen MR) is 92.4 cm³/mol. The third-order valence-corrected chi connectivity index (χ3v) is 4.22. The monoisotopic (exact) mass is 335 g/mol. The van der Waals surface area contributed by atoms with Crippen molar-refractivity contribution in [2.45, 2.75) is 18.6 Å². The van der Waals surface area contributed by atoms with Crippen LogP contribution in [0.25, 0.3) is 5.82 Å². The van der Waals surface area contributed by atoms with E-state index in [0.29, 0.717) is 17.9 Å². The molecule has 1 aliphatic carbocycles. The summed E-state index contributed by atoms with van der Waals surface area (Å²) in [5, 5.41) is 20.0. The Bertz CT molecular complexity index is 893. The molecule has 0 fully saturated rings. The van der Waals surface area contributed by atoms with Gasteiger partial charge in [-0.2, -0.15) is 5.10 Å². The topological polar surface area (TPSA) is 92.1 Å². The molecule has 0 radical (unpaired) electrons. The van der Waals surface area contributed by atoms with Crippen LogP contribution in [0.5, 0.6) is 0 Å². The van der Waals surface area contributed by atoms with Crippen LogP contribution in [0.4, 0.5) is 10.5 Å². The second-order valence-electron chi connectivity index (χ2n) is 5.91. The Morgan fingerprint density at radius 1 is 1.20 bits per heavy atom. The first-order valence-corrected chi connectivity index (χ1v) is 8.00. The van der Waals surface area contributed by atoms with Crippen molar-refractivity contribution < 1.29 is 9.90 Å². The number of urea groups is 1. The van der Waals surface area contributed by atoms with E-state index in [1.165, 1.54) is 0 Å². The molecule has 0 unspecified atom stereocenters. The fraction of sp³-hybridized carbons (Fsp3) is 0.167. The molecule has 2 aromatic heterocycles. The number of nitrogens with one attached hydrogen (secondary N) is 2. The average molecular weight is 335 g/mol. The zero-order valence-electron chi connectivity index (χ0n) is 13.3. The van der Waals surface area contributed by atoms with E-state index in [1.54, 1.807) is 23.3 Å². The number of carbonyl (C=O) groups excluding carboxylic acids is 1. The highest BCUT2D eigenvalue weighted by molar-refractivity contribution is 5.89. The van der Waals surface area contributed by atoms with Gasteiger partial charge in [0.2, 0.25) is 0 Å². The molecule has 2 atom stereocenters. The molecule has 126 valence electrons. The van der Waals surface area contributed by atoms with Crippen LogP contribution in [0.1, 0.15) is 17.2 Å². The Balaban J connectivity index is 1.44. The van der Waals surface area contributed by atoms with E-state index in [0.717, 1.165) is 11.1 Å². The normalized spacial score (nSPS) is 18.6. The van der Waals surface area contributed by atoms with Crippen molar-refractivity contribution in [3.05, 3.63) is 72.2 Å². The molecule has 1 aromatic carbocycles. The van der Waals surface area contributed by atoms with E-state index in [1.807, 2.05) is 42.5 Å². The van der Waals surface area contributed by atoms with Gasteiger partial charge in [0.05, 0.1) is 30.2 Å². The van der Waals surface area contributed by atoms with Crippen LogP contribution in [0.2, 0.25) is 0 Å². The van der Waals surface area contributed by atoms with E-state index in [2.05, 4.69) is 20.7 Å². The van der Waals surface area contributed by atoms with Gasteiger partial charge >= 0.3 is 6.03 Å². The number of carbonyl (C=O) groups is 1. The van der Waals surface area contributed by atoms with Crippen molar-refractivity contribution in [3.8, 4) is 5.82 Å². The summed E-state index contributed by atoms with van der Waals surface area (Å²) in [5.74, 6) is 0.663. The van der Waals surface area contributed by atoms with Crippen molar-refractivity contribution in [1.82, 2.24) is 20.1 Å². The van der Waals surface area contributed by atoms with Crippen LogP contribution in [-0.2, 0) is 6.42 Å². The highest BCUT2D eigenvalue weighted by Crippen LogP contribution is 2.31. The molecule has 0 aliphatic heterocycles. The number of hydrogen-bond acceptors (Lipinski definition) is 4. The SMILES string of the molecule is O=C(Nc1cnn(-c2ccccn2)c1)N[C@@H]1c2ccccc2C[C@H]1O. The number of aliphatic hydroxyl groups is 1. The van der Waals surface area contributed by atoms with Crippen LogP contribution in [-0.4, -0.2) is 32.0 Å². The van der Waals surface area contributed by atoms with Crippen molar-refractivity contribution in [2.24, 2.45) is 0 Å². The molecule has 3 N–H and O–H groups in total. The first-order chi connectivity index (χ1) is 12.2. The lowest BCUT2D eigenvalue weighted by Crippen LogP contribution is -2.36. The molecule has 4 rings (SSSR count). The van der Waals surface area contributed by atoms with Gasteiger partial charge in [0.25, 0.3) is 0 Å². The maximum Gasteiger partial charge on any atom is 0.319 e. The van der Waals surface area contributed by atoms with Gasteiger partial charge in [0.1, 0.15) is 0 Å². The quantitative estimate of drug-likeness (QED) is 0.683. The lowest BCUT2D eigenvalue weighted by atomic mass is 10.1. The average Bonchev–Trinajstić information content (AvgIpc) is 3.21. The molecule has 0 spiro atoms. The van der Waals surface area contributed by atoms with Crippen molar-refractivity contribution >= 4 is 11.7 Å². The van der Waals surface area contributed by atoms with E-state index in [9.17, 15) is 9.90 Å². The minimum Gasteiger partial charge on any atom is -0.390 e. The van der Waals surface area contributed by atoms with Crippen LogP contribution < -0.4 is 10.6 Å². The van der Waals surface area contributed by atoms with E-state index in [4.69, 9.17) is 0 Å². The third kappa shape index (κ3) is 3.09. The highest BCUT2D eigenvalue weighted by Gasteiger charge is 2.31. The fourth-order valence-corrected chi connectivity index (χ4v) is 3.06. The van der Waals surface area contributed by atoms with Gasteiger partial charge < -0.3 is 15.7 Å². The highest BCUT2D eigenvalue weighted by atomic mass is 16.3. The Kier molecular flexibility index (Phi) is 3.91. The first kappa shape index (κ1) is 15.3. The number of aliphatic hydroxyl groups excluding tert-OH is 1. The number of aromatic nitrogens is 3. The zero-order chi connectivity index (χ0) is 17.2. The molecule has 2 heterocycles. The molecule has 7 heteroatoms. The third-order valence-electron chi connectivity index (χ3n) is 4.22. The van der Waals surface area contributed by atoms with Crippen molar-refractivity contribution in [2.75, 3.05) is 5.32 Å². The molecular weight excluding hydrogens is 318 g/mol. The number of benzene rings is 1. The van der Waals surface area contributed by atoms with Crippen LogP contribution >= 0.6 is 0 Å². The fourth-order valence-electron chi connectivity index (χ4n) is 3.06. The smallest absolute Gasteiger partial charge is 0.319 e. The maximum atomic E-state index is 12.3. The number of anilines is 1.